The second-order valence-corrected chi connectivity index (χ2v) is 4.22. The van der Waals surface area contributed by atoms with Crippen LogP contribution in [0.4, 0.5) is 8.78 Å². The molecule has 1 aliphatic carbocycles. The Hall–Kier alpha value is -0.660. The molecule has 0 saturated heterocycles. The van der Waals surface area contributed by atoms with Gasteiger partial charge < -0.3 is 0 Å². The molecule has 1 saturated carbocycles. The zero-order chi connectivity index (χ0) is 11.3. The van der Waals surface area contributed by atoms with Crippen LogP contribution in [0, 0.1) is 5.92 Å². The third kappa shape index (κ3) is 3.77. The van der Waals surface area contributed by atoms with E-state index in [0.29, 0.717) is 6.42 Å². The summed E-state index contributed by atoms with van der Waals surface area (Å²) in [7, 11) is 0. The van der Waals surface area contributed by atoms with E-state index in [9.17, 15) is 8.78 Å². The number of allylic oxidation sites excluding steroid dienone is 4. The van der Waals surface area contributed by atoms with Gasteiger partial charge in [-0.25, -0.2) is 8.78 Å². The Morgan fingerprint density at radius 1 is 1.33 bits per heavy atom. The Labute approximate surface area is 91.1 Å². The average Bonchev–Trinajstić information content (AvgIpc) is 2.53. The van der Waals surface area contributed by atoms with E-state index in [1.165, 1.54) is 0 Å². The van der Waals surface area contributed by atoms with Crippen molar-refractivity contribution in [1.29, 1.82) is 0 Å². The summed E-state index contributed by atoms with van der Waals surface area (Å²) in [6, 6.07) is 0. The molecular formula is C13H20F2. The first kappa shape index (κ1) is 12.4. The van der Waals surface area contributed by atoms with Crippen LogP contribution in [0.15, 0.2) is 23.8 Å². The fourth-order valence-electron chi connectivity index (χ4n) is 2.09. The van der Waals surface area contributed by atoms with E-state index in [1.807, 2.05) is 13.0 Å². The lowest BCUT2D eigenvalue weighted by Gasteiger charge is -2.12. The minimum atomic E-state index is -2.43. The van der Waals surface area contributed by atoms with E-state index in [1.54, 1.807) is 0 Å². The summed E-state index contributed by atoms with van der Waals surface area (Å²) < 4.78 is 26.1. The summed E-state index contributed by atoms with van der Waals surface area (Å²) in [4.78, 5) is 0. The first-order chi connectivity index (χ1) is 7.09. The van der Waals surface area contributed by atoms with Gasteiger partial charge in [-0.3, -0.25) is 0 Å². The molecule has 2 heteroatoms. The maximum atomic E-state index is 13.1. The molecule has 0 radical (unpaired) electrons. The van der Waals surface area contributed by atoms with Crippen LogP contribution in [0.2, 0.25) is 0 Å². The van der Waals surface area contributed by atoms with Gasteiger partial charge in [0.25, 0.3) is 0 Å². The third-order valence-electron chi connectivity index (χ3n) is 2.86. The first-order valence-electron chi connectivity index (χ1n) is 5.83. The summed E-state index contributed by atoms with van der Waals surface area (Å²) in [6.45, 7) is 4.11. The van der Waals surface area contributed by atoms with Gasteiger partial charge in [-0.05, 0) is 30.8 Å². The monoisotopic (exact) mass is 214 g/mol. The van der Waals surface area contributed by atoms with E-state index >= 15 is 0 Å². The Bertz CT molecular complexity index is 251. The van der Waals surface area contributed by atoms with Crippen molar-refractivity contribution in [2.24, 2.45) is 5.92 Å². The molecule has 0 N–H and O–H groups in total. The molecular weight excluding hydrogens is 194 g/mol. The lowest BCUT2D eigenvalue weighted by Crippen LogP contribution is -2.10. The summed E-state index contributed by atoms with van der Waals surface area (Å²) in [5.74, 6) is -2.36. The number of rotatable bonds is 4. The minimum Gasteiger partial charge on any atom is -0.207 e. The van der Waals surface area contributed by atoms with E-state index < -0.39 is 5.92 Å². The molecule has 0 aromatic heterocycles. The predicted octanol–water partition coefficient (Wildman–Crippen LogP) is 4.72. The molecule has 0 nitrogen and oxygen atoms in total. The molecule has 1 unspecified atom stereocenters. The molecule has 0 aromatic rings. The van der Waals surface area contributed by atoms with Crippen molar-refractivity contribution >= 4 is 0 Å². The van der Waals surface area contributed by atoms with Gasteiger partial charge in [0.2, 0.25) is 5.92 Å². The van der Waals surface area contributed by atoms with Gasteiger partial charge in [0, 0.05) is 12.8 Å². The molecule has 1 atom stereocenters. The van der Waals surface area contributed by atoms with Crippen LogP contribution in [-0.4, -0.2) is 5.92 Å². The van der Waals surface area contributed by atoms with E-state index in [2.05, 4.69) is 19.1 Å². The van der Waals surface area contributed by atoms with Crippen molar-refractivity contribution in [1.82, 2.24) is 0 Å². The molecule has 0 aliphatic heterocycles. The van der Waals surface area contributed by atoms with Gasteiger partial charge >= 0.3 is 0 Å². The molecule has 1 aliphatic rings. The van der Waals surface area contributed by atoms with E-state index in [-0.39, 0.29) is 18.8 Å². The van der Waals surface area contributed by atoms with Gasteiger partial charge in [0.15, 0.2) is 0 Å². The van der Waals surface area contributed by atoms with E-state index in [0.717, 1.165) is 18.4 Å². The fourth-order valence-corrected chi connectivity index (χ4v) is 2.09. The summed E-state index contributed by atoms with van der Waals surface area (Å²) >= 11 is 0. The first-order valence-corrected chi connectivity index (χ1v) is 5.83. The number of halogens is 2. The van der Waals surface area contributed by atoms with Crippen molar-refractivity contribution in [3.63, 3.8) is 0 Å². The van der Waals surface area contributed by atoms with Gasteiger partial charge in [-0.15, -0.1) is 0 Å². The smallest absolute Gasteiger partial charge is 0.207 e. The molecule has 1 rings (SSSR count). The van der Waals surface area contributed by atoms with Crippen molar-refractivity contribution in [2.75, 3.05) is 0 Å². The number of hydrogen-bond acceptors (Lipinski definition) is 0. The molecule has 0 aromatic carbocycles. The molecule has 0 bridgehead atoms. The highest BCUT2D eigenvalue weighted by Gasteiger charge is 2.40. The highest BCUT2D eigenvalue weighted by atomic mass is 19.3. The maximum absolute atomic E-state index is 13.1. The lowest BCUT2D eigenvalue weighted by molar-refractivity contribution is 0.00648. The summed E-state index contributed by atoms with van der Waals surface area (Å²) in [6.07, 6.45) is 8.76. The van der Waals surface area contributed by atoms with Crippen molar-refractivity contribution in [2.45, 2.75) is 51.9 Å². The Morgan fingerprint density at radius 3 is 2.53 bits per heavy atom. The van der Waals surface area contributed by atoms with Gasteiger partial charge in [-0.2, -0.15) is 0 Å². The second kappa shape index (κ2) is 5.43. The molecule has 0 amide bonds. The van der Waals surface area contributed by atoms with Crippen LogP contribution >= 0.6 is 0 Å². The predicted molar refractivity (Wildman–Crippen MR) is 60.1 cm³/mol. The SMILES string of the molecule is CC/C=C\C(=C/CC)C1CCC(F)(F)C1. The zero-order valence-electron chi connectivity index (χ0n) is 9.60. The van der Waals surface area contributed by atoms with Crippen LogP contribution < -0.4 is 0 Å². The van der Waals surface area contributed by atoms with E-state index in [4.69, 9.17) is 0 Å². The van der Waals surface area contributed by atoms with Gasteiger partial charge in [0.05, 0.1) is 0 Å². The Morgan fingerprint density at radius 2 is 2.07 bits per heavy atom. The lowest BCUT2D eigenvalue weighted by atomic mass is 9.95. The topological polar surface area (TPSA) is 0 Å². The van der Waals surface area contributed by atoms with Gasteiger partial charge in [0.1, 0.15) is 0 Å². The average molecular weight is 214 g/mol. The summed E-state index contributed by atoms with van der Waals surface area (Å²) in [5.41, 5.74) is 1.11. The van der Waals surface area contributed by atoms with Crippen molar-refractivity contribution < 1.29 is 8.78 Å². The number of hydrogen-bond donors (Lipinski definition) is 0. The molecule has 0 heterocycles. The highest BCUT2D eigenvalue weighted by Crippen LogP contribution is 2.42. The number of alkyl halides is 2. The van der Waals surface area contributed by atoms with Gasteiger partial charge in [-0.1, -0.05) is 32.1 Å². The fraction of sp³-hybridized carbons (Fsp3) is 0.692. The summed E-state index contributed by atoms with van der Waals surface area (Å²) in [5, 5.41) is 0. The van der Waals surface area contributed by atoms with Crippen molar-refractivity contribution in [3.05, 3.63) is 23.8 Å². The van der Waals surface area contributed by atoms with Crippen LogP contribution in [-0.2, 0) is 0 Å². The maximum Gasteiger partial charge on any atom is 0.248 e. The minimum absolute atomic E-state index is 0.0346. The largest absolute Gasteiger partial charge is 0.248 e. The third-order valence-corrected chi connectivity index (χ3v) is 2.86. The Balaban J connectivity index is 2.66. The quantitative estimate of drug-likeness (QED) is 0.594. The highest BCUT2D eigenvalue weighted by molar-refractivity contribution is 5.23. The molecule has 15 heavy (non-hydrogen) atoms. The zero-order valence-corrected chi connectivity index (χ0v) is 9.60. The molecule has 1 fully saturated rings. The standard InChI is InChI=1S/C13H20F2/c1-3-5-7-11(6-4-2)12-8-9-13(14,15)10-12/h5-7,12H,3-4,8-10H2,1-2H3/b7-5-,11-6+. The second-order valence-electron chi connectivity index (χ2n) is 4.22. The molecule has 0 spiro atoms. The van der Waals surface area contributed by atoms with Crippen LogP contribution in [0.3, 0.4) is 0 Å². The molecule has 86 valence electrons. The van der Waals surface area contributed by atoms with Crippen LogP contribution in [0.1, 0.15) is 46.0 Å². The van der Waals surface area contributed by atoms with Crippen molar-refractivity contribution in [3.8, 4) is 0 Å². The van der Waals surface area contributed by atoms with Crippen LogP contribution in [0.5, 0.6) is 0 Å². The Kier molecular flexibility index (Phi) is 4.49. The van der Waals surface area contributed by atoms with Crippen LogP contribution in [0.25, 0.3) is 0 Å². The normalized spacial score (nSPS) is 26.4.